The molecule has 6 heteroatoms. The molecule has 0 aromatic heterocycles. The van der Waals surface area contributed by atoms with Crippen LogP contribution in [0, 0.1) is 0 Å². The van der Waals surface area contributed by atoms with Gasteiger partial charge in [0, 0.05) is 12.5 Å². The van der Waals surface area contributed by atoms with Crippen molar-refractivity contribution in [1.29, 1.82) is 0 Å². The molecule has 0 aliphatic heterocycles. The summed E-state index contributed by atoms with van der Waals surface area (Å²) >= 11 is 0. The van der Waals surface area contributed by atoms with Crippen LogP contribution in [-0.4, -0.2) is 25.6 Å². The van der Waals surface area contributed by atoms with E-state index in [0.717, 1.165) is 0 Å². The Balaban J connectivity index is 4.21. The Labute approximate surface area is 78.7 Å². The van der Waals surface area contributed by atoms with Crippen LogP contribution in [0.1, 0.15) is 27.2 Å². The van der Waals surface area contributed by atoms with E-state index in [1.54, 1.807) is 20.8 Å². The van der Waals surface area contributed by atoms with Gasteiger partial charge in [0.15, 0.2) is 0 Å². The van der Waals surface area contributed by atoms with E-state index in [0.29, 0.717) is 0 Å². The third kappa shape index (κ3) is 4.84. The van der Waals surface area contributed by atoms with Crippen molar-refractivity contribution in [3.63, 3.8) is 0 Å². The number of sulfonamides is 1. The van der Waals surface area contributed by atoms with Gasteiger partial charge < -0.3 is 5.73 Å². The molecule has 0 aliphatic rings. The number of hydrogen-bond acceptors (Lipinski definition) is 3. The van der Waals surface area contributed by atoms with Crippen LogP contribution in [-0.2, 0) is 14.8 Å². The standard InChI is InChI=1S/C7H16N2O3S/c1-5(2)13(11,12)9-6(3)4-7(8)10/h5-6,9H,4H2,1-3H3,(H2,8,10). The van der Waals surface area contributed by atoms with Gasteiger partial charge >= 0.3 is 0 Å². The Morgan fingerprint density at radius 1 is 1.38 bits per heavy atom. The van der Waals surface area contributed by atoms with E-state index in [1.807, 2.05) is 0 Å². The summed E-state index contributed by atoms with van der Waals surface area (Å²) in [5.41, 5.74) is 4.91. The van der Waals surface area contributed by atoms with E-state index in [2.05, 4.69) is 4.72 Å². The minimum atomic E-state index is -3.30. The highest BCUT2D eigenvalue weighted by Crippen LogP contribution is 1.99. The molecule has 0 rings (SSSR count). The van der Waals surface area contributed by atoms with Crippen molar-refractivity contribution in [1.82, 2.24) is 4.72 Å². The first-order valence-corrected chi connectivity index (χ1v) is 5.59. The second kappa shape index (κ2) is 4.57. The smallest absolute Gasteiger partial charge is 0.219 e. The molecule has 0 fully saturated rings. The zero-order valence-electron chi connectivity index (χ0n) is 8.07. The second-order valence-corrected chi connectivity index (χ2v) is 5.55. The van der Waals surface area contributed by atoms with Gasteiger partial charge in [-0.2, -0.15) is 0 Å². The molecule has 1 atom stereocenters. The number of hydrogen-bond donors (Lipinski definition) is 2. The fourth-order valence-electron chi connectivity index (χ4n) is 0.760. The predicted molar refractivity (Wildman–Crippen MR) is 50.5 cm³/mol. The number of nitrogens with two attached hydrogens (primary N) is 1. The number of rotatable bonds is 5. The number of nitrogens with one attached hydrogen (secondary N) is 1. The third-order valence-corrected chi connectivity index (χ3v) is 3.47. The molecule has 5 nitrogen and oxygen atoms in total. The lowest BCUT2D eigenvalue weighted by atomic mass is 10.2. The van der Waals surface area contributed by atoms with E-state index in [9.17, 15) is 13.2 Å². The van der Waals surface area contributed by atoms with Crippen LogP contribution < -0.4 is 10.5 Å². The van der Waals surface area contributed by atoms with Crippen molar-refractivity contribution in [3.8, 4) is 0 Å². The number of carbonyl (C=O) groups is 1. The average Bonchev–Trinajstić information content (AvgIpc) is 1.82. The van der Waals surface area contributed by atoms with Gasteiger partial charge in [0.2, 0.25) is 15.9 Å². The van der Waals surface area contributed by atoms with Crippen molar-refractivity contribution in [2.45, 2.75) is 38.5 Å². The highest BCUT2D eigenvalue weighted by molar-refractivity contribution is 7.90. The number of amides is 1. The van der Waals surface area contributed by atoms with Crippen LogP contribution in [0.15, 0.2) is 0 Å². The van der Waals surface area contributed by atoms with Gasteiger partial charge in [0.05, 0.1) is 5.25 Å². The van der Waals surface area contributed by atoms with Gasteiger partial charge in [-0.05, 0) is 20.8 Å². The minimum Gasteiger partial charge on any atom is -0.370 e. The predicted octanol–water partition coefficient (Wildman–Crippen LogP) is -0.422. The summed E-state index contributed by atoms with van der Waals surface area (Å²) in [7, 11) is -3.30. The quantitative estimate of drug-likeness (QED) is 0.643. The van der Waals surface area contributed by atoms with Crippen molar-refractivity contribution >= 4 is 15.9 Å². The van der Waals surface area contributed by atoms with Gasteiger partial charge in [-0.1, -0.05) is 0 Å². The van der Waals surface area contributed by atoms with Gasteiger partial charge in [-0.25, -0.2) is 13.1 Å². The lowest BCUT2D eigenvalue weighted by Gasteiger charge is -2.14. The molecule has 3 N–H and O–H groups in total. The van der Waals surface area contributed by atoms with E-state index < -0.39 is 27.2 Å². The van der Waals surface area contributed by atoms with Gasteiger partial charge in [-0.15, -0.1) is 0 Å². The fraction of sp³-hybridized carbons (Fsp3) is 0.857. The molecular weight excluding hydrogens is 192 g/mol. The van der Waals surface area contributed by atoms with Crippen LogP contribution >= 0.6 is 0 Å². The first-order valence-electron chi connectivity index (χ1n) is 4.05. The van der Waals surface area contributed by atoms with Crippen LogP contribution in [0.25, 0.3) is 0 Å². The summed E-state index contributed by atoms with van der Waals surface area (Å²) < 4.78 is 24.9. The van der Waals surface area contributed by atoms with E-state index in [4.69, 9.17) is 5.73 Å². The summed E-state index contributed by atoms with van der Waals surface area (Å²) in [6.45, 7) is 4.74. The molecule has 0 aromatic carbocycles. The first-order chi connectivity index (χ1) is 5.75. The SMILES string of the molecule is CC(CC(N)=O)NS(=O)(=O)C(C)C. The second-order valence-electron chi connectivity index (χ2n) is 3.28. The zero-order chi connectivity index (χ0) is 10.6. The van der Waals surface area contributed by atoms with Crippen molar-refractivity contribution < 1.29 is 13.2 Å². The Morgan fingerprint density at radius 3 is 2.15 bits per heavy atom. The topological polar surface area (TPSA) is 89.3 Å². The van der Waals surface area contributed by atoms with Gasteiger partial charge in [0.25, 0.3) is 0 Å². The molecule has 0 aromatic rings. The molecule has 0 heterocycles. The van der Waals surface area contributed by atoms with E-state index in [-0.39, 0.29) is 6.42 Å². The number of primary amides is 1. The number of carbonyl (C=O) groups excluding carboxylic acids is 1. The molecule has 0 saturated heterocycles. The van der Waals surface area contributed by atoms with Crippen molar-refractivity contribution in [3.05, 3.63) is 0 Å². The maximum absolute atomic E-state index is 11.3. The highest BCUT2D eigenvalue weighted by Gasteiger charge is 2.19. The molecule has 0 radical (unpaired) electrons. The normalized spacial score (nSPS) is 14.5. The Kier molecular flexibility index (Phi) is 4.35. The molecule has 1 amide bonds. The molecule has 0 saturated carbocycles. The van der Waals surface area contributed by atoms with Crippen molar-refractivity contribution in [2.24, 2.45) is 5.73 Å². The van der Waals surface area contributed by atoms with Crippen LogP contribution in [0.3, 0.4) is 0 Å². The van der Waals surface area contributed by atoms with E-state index in [1.165, 1.54) is 0 Å². The maximum atomic E-state index is 11.3. The molecule has 13 heavy (non-hydrogen) atoms. The highest BCUT2D eigenvalue weighted by atomic mass is 32.2. The summed E-state index contributed by atoms with van der Waals surface area (Å²) in [5, 5.41) is -0.497. The molecule has 0 aliphatic carbocycles. The van der Waals surface area contributed by atoms with E-state index >= 15 is 0 Å². The lowest BCUT2D eigenvalue weighted by molar-refractivity contribution is -0.118. The van der Waals surface area contributed by atoms with Crippen LogP contribution in [0.5, 0.6) is 0 Å². The summed E-state index contributed by atoms with van der Waals surface area (Å²) in [4.78, 5) is 10.5. The maximum Gasteiger partial charge on any atom is 0.219 e. The molecule has 1 unspecified atom stereocenters. The Morgan fingerprint density at radius 2 is 1.85 bits per heavy atom. The average molecular weight is 208 g/mol. The largest absolute Gasteiger partial charge is 0.370 e. The van der Waals surface area contributed by atoms with Gasteiger partial charge in [0.1, 0.15) is 0 Å². The monoisotopic (exact) mass is 208 g/mol. The summed E-state index contributed by atoms with van der Waals surface area (Å²) in [6.07, 6.45) is 0.0198. The summed E-state index contributed by atoms with van der Waals surface area (Å²) in [5.74, 6) is -0.515. The zero-order valence-corrected chi connectivity index (χ0v) is 8.89. The molecule has 0 bridgehead atoms. The lowest BCUT2D eigenvalue weighted by Crippen LogP contribution is -2.39. The first kappa shape index (κ1) is 12.4. The Bertz CT molecular complexity index is 271. The minimum absolute atomic E-state index is 0.0198. The third-order valence-electron chi connectivity index (χ3n) is 1.49. The van der Waals surface area contributed by atoms with Crippen LogP contribution in [0.4, 0.5) is 0 Å². The Hall–Kier alpha value is -0.620. The molecule has 0 spiro atoms. The fourth-order valence-corrected chi connectivity index (χ4v) is 1.68. The van der Waals surface area contributed by atoms with Crippen molar-refractivity contribution in [2.75, 3.05) is 0 Å². The summed E-state index contributed by atoms with van der Waals surface area (Å²) in [6, 6.07) is -0.440. The molecule has 78 valence electrons. The van der Waals surface area contributed by atoms with Crippen LogP contribution in [0.2, 0.25) is 0 Å². The molecular formula is C7H16N2O3S. The van der Waals surface area contributed by atoms with Gasteiger partial charge in [-0.3, -0.25) is 4.79 Å².